The molecule has 0 aromatic heterocycles. The predicted molar refractivity (Wildman–Crippen MR) is 102 cm³/mol. The molecule has 2 nitrogen and oxygen atoms in total. The molecule has 0 bridgehead atoms. The first kappa shape index (κ1) is 22.7. The van der Waals surface area contributed by atoms with Gasteiger partial charge in [0.15, 0.2) is 0 Å². The van der Waals surface area contributed by atoms with Crippen LogP contribution < -0.4 is 0 Å². The summed E-state index contributed by atoms with van der Waals surface area (Å²) in [6, 6.07) is 0. The maximum Gasteiger partial charge on any atom is 0.0605 e. The first-order valence-corrected chi connectivity index (χ1v) is 10.1. The van der Waals surface area contributed by atoms with Crippen LogP contribution in [0.25, 0.3) is 0 Å². The minimum Gasteiger partial charge on any atom is -0.396 e. The molecule has 0 fully saturated rings. The minimum absolute atomic E-state index is 0.288. The van der Waals surface area contributed by atoms with Crippen LogP contribution in [-0.2, 0) is 4.74 Å². The van der Waals surface area contributed by atoms with Crippen LogP contribution in [0.4, 0.5) is 0 Å². The molecule has 0 rings (SSSR count). The summed E-state index contributed by atoms with van der Waals surface area (Å²) in [7, 11) is 1.82. The molecule has 0 saturated carbocycles. The lowest BCUT2D eigenvalue weighted by Gasteiger charge is -2.13. The molecule has 2 heteroatoms. The first-order chi connectivity index (χ1) is 11.3. The van der Waals surface area contributed by atoms with Gasteiger partial charge < -0.3 is 9.84 Å². The average molecular weight is 327 g/mol. The Morgan fingerprint density at radius 1 is 0.783 bits per heavy atom. The summed E-state index contributed by atoms with van der Waals surface area (Å²) in [6.07, 6.45) is 24.2. The van der Waals surface area contributed by atoms with Crippen LogP contribution in [0.1, 0.15) is 103 Å². The number of allylic oxidation sites excluding steroid dienone is 1. The summed E-state index contributed by atoms with van der Waals surface area (Å²) >= 11 is 0. The van der Waals surface area contributed by atoms with E-state index >= 15 is 0 Å². The summed E-state index contributed by atoms with van der Waals surface area (Å²) in [5.74, 6) is 0. The molecule has 0 amide bonds. The Morgan fingerprint density at radius 2 is 1.35 bits per heavy atom. The van der Waals surface area contributed by atoms with Gasteiger partial charge in [0.1, 0.15) is 0 Å². The Balaban J connectivity index is 3.32. The van der Waals surface area contributed by atoms with Gasteiger partial charge in [0, 0.05) is 13.7 Å². The van der Waals surface area contributed by atoms with Crippen molar-refractivity contribution in [2.45, 2.75) is 109 Å². The molecule has 0 spiro atoms. The average Bonchev–Trinajstić information content (AvgIpc) is 2.57. The highest BCUT2D eigenvalue weighted by molar-refractivity contribution is 4.84. The maximum absolute atomic E-state index is 8.73. The number of aliphatic hydroxyl groups excluding tert-OH is 1. The van der Waals surface area contributed by atoms with Gasteiger partial charge in [-0.05, 0) is 25.7 Å². The van der Waals surface area contributed by atoms with E-state index in [2.05, 4.69) is 19.1 Å². The Kier molecular flexibility index (Phi) is 19.4. The largest absolute Gasteiger partial charge is 0.396 e. The van der Waals surface area contributed by atoms with Gasteiger partial charge in [-0.25, -0.2) is 0 Å². The summed E-state index contributed by atoms with van der Waals surface area (Å²) in [5, 5.41) is 8.73. The summed E-state index contributed by atoms with van der Waals surface area (Å²) in [4.78, 5) is 0. The van der Waals surface area contributed by atoms with E-state index in [1.54, 1.807) is 0 Å². The molecule has 0 aliphatic rings. The van der Waals surface area contributed by atoms with Crippen LogP contribution in [0.15, 0.2) is 12.2 Å². The Morgan fingerprint density at radius 3 is 1.87 bits per heavy atom. The number of rotatable bonds is 18. The normalized spacial score (nSPS) is 13.0. The van der Waals surface area contributed by atoms with Gasteiger partial charge in [-0.3, -0.25) is 0 Å². The third-order valence-corrected chi connectivity index (χ3v) is 4.56. The van der Waals surface area contributed by atoms with Crippen LogP contribution in [-0.4, -0.2) is 24.9 Å². The van der Waals surface area contributed by atoms with Gasteiger partial charge in [-0.15, -0.1) is 0 Å². The Labute approximate surface area is 145 Å². The molecule has 1 N–H and O–H groups in total. The van der Waals surface area contributed by atoms with Gasteiger partial charge >= 0.3 is 0 Å². The van der Waals surface area contributed by atoms with Crippen LogP contribution in [0, 0.1) is 0 Å². The molecular formula is C21H42O2. The molecule has 0 aromatic rings. The van der Waals surface area contributed by atoms with Crippen molar-refractivity contribution in [2.75, 3.05) is 13.7 Å². The molecule has 0 aliphatic heterocycles. The van der Waals surface area contributed by atoms with Gasteiger partial charge in [0.2, 0.25) is 0 Å². The molecule has 0 aliphatic carbocycles. The molecule has 0 radical (unpaired) electrons. The maximum atomic E-state index is 8.73. The van der Waals surface area contributed by atoms with E-state index in [9.17, 15) is 0 Å². The lowest BCUT2D eigenvalue weighted by Crippen LogP contribution is -2.08. The van der Waals surface area contributed by atoms with Gasteiger partial charge in [-0.1, -0.05) is 89.7 Å². The fourth-order valence-corrected chi connectivity index (χ4v) is 2.94. The second-order valence-corrected chi connectivity index (χ2v) is 6.75. The highest BCUT2D eigenvalue weighted by Crippen LogP contribution is 2.14. The molecule has 0 heterocycles. The van der Waals surface area contributed by atoms with Crippen LogP contribution in [0.3, 0.4) is 0 Å². The first-order valence-electron chi connectivity index (χ1n) is 10.1. The highest BCUT2D eigenvalue weighted by Gasteiger charge is 2.04. The van der Waals surface area contributed by atoms with E-state index in [0.717, 1.165) is 19.3 Å². The van der Waals surface area contributed by atoms with Gasteiger partial charge in [0.05, 0.1) is 6.10 Å². The van der Waals surface area contributed by atoms with Crippen molar-refractivity contribution in [1.82, 2.24) is 0 Å². The number of unbranched alkanes of at least 4 members (excludes halogenated alkanes) is 11. The molecule has 0 saturated heterocycles. The van der Waals surface area contributed by atoms with Crippen molar-refractivity contribution in [2.24, 2.45) is 0 Å². The lowest BCUT2D eigenvalue weighted by atomic mass is 10.0. The molecular weight excluding hydrogens is 284 g/mol. The number of methoxy groups -OCH3 is 1. The van der Waals surface area contributed by atoms with E-state index in [4.69, 9.17) is 9.84 Å². The molecule has 23 heavy (non-hydrogen) atoms. The third-order valence-electron chi connectivity index (χ3n) is 4.56. The smallest absolute Gasteiger partial charge is 0.0605 e. The standard InChI is InChI=1S/C21H42O2/c1-3-4-5-6-7-8-9-10-11-12-15-18-21(23-2)19-16-13-14-17-20-22/h13,16,21-22H,3-12,14-15,17-20H2,1-2H3/b16-13+/t21-/m0/s1. The topological polar surface area (TPSA) is 29.5 Å². The predicted octanol–water partition coefficient (Wildman–Crippen LogP) is 6.42. The second-order valence-electron chi connectivity index (χ2n) is 6.75. The zero-order chi connectivity index (χ0) is 17.0. The molecule has 0 aromatic carbocycles. The van der Waals surface area contributed by atoms with Crippen LogP contribution >= 0.6 is 0 Å². The monoisotopic (exact) mass is 326 g/mol. The summed E-state index contributed by atoms with van der Waals surface area (Å²) < 4.78 is 5.55. The Bertz CT molecular complexity index is 238. The Hall–Kier alpha value is -0.340. The fraction of sp³-hybridized carbons (Fsp3) is 0.905. The highest BCUT2D eigenvalue weighted by atomic mass is 16.5. The van der Waals surface area contributed by atoms with Crippen molar-refractivity contribution < 1.29 is 9.84 Å². The number of ether oxygens (including phenoxy) is 1. The third kappa shape index (κ3) is 17.8. The van der Waals surface area contributed by atoms with Crippen LogP contribution in [0.5, 0.6) is 0 Å². The van der Waals surface area contributed by atoms with E-state index in [1.807, 2.05) is 7.11 Å². The molecule has 1 atom stereocenters. The van der Waals surface area contributed by atoms with Crippen molar-refractivity contribution in [3.8, 4) is 0 Å². The zero-order valence-corrected chi connectivity index (χ0v) is 15.9. The van der Waals surface area contributed by atoms with Crippen molar-refractivity contribution in [1.29, 1.82) is 0 Å². The number of aliphatic hydroxyl groups is 1. The second kappa shape index (κ2) is 19.7. The van der Waals surface area contributed by atoms with E-state index in [1.165, 1.54) is 77.0 Å². The zero-order valence-electron chi connectivity index (χ0n) is 15.9. The van der Waals surface area contributed by atoms with Gasteiger partial charge in [-0.2, -0.15) is 0 Å². The summed E-state index contributed by atoms with van der Waals surface area (Å²) in [6.45, 7) is 2.57. The number of hydrogen-bond acceptors (Lipinski definition) is 2. The van der Waals surface area contributed by atoms with Crippen LogP contribution in [0.2, 0.25) is 0 Å². The van der Waals surface area contributed by atoms with Crippen molar-refractivity contribution >= 4 is 0 Å². The number of hydrogen-bond donors (Lipinski definition) is 1. The van der Waals surface area contributed by atoms with Crippen molar-refractivity contribution in [3.63, 3.8) is 0 Å². The lowest BCUT2D eigenvalue weighted by molar-refractivity contribution is 0.0952. The molecule has 0 unspecified atom stereocenters. The SMILES string of the molecule is CCCCCCCCCCCCC[C@@H](C/C=C/CCCO)OC. The van der Waals surface area contributed by atoms with Crippen molar-refractivity contribution in [3.05, 3.63) is 12.2 Å². The summed E-state index contributed by atoms with van der Waals surface area (Å²) in [5.41, 5.74) is 0. The minimum atomic E-state index is 0.288. The van der Waals surface area contributed by atoms with E-state index < -0.39 is 0 Å². The quantitative estimate of drug-likeness (QED) is 0.232. The van der Waals surface area contributed by atoms with E-state index in [0.29, 0.717) is 6.10 Å². The fourth-order valence-electron chi connectivity index (χ4n) is 2.94. The van der Waals surface area contributed by atoms with Gasteiger partial charge in [0.25, 0.3) is 0 Å². The van der Waals surface area contributed by atoms with E-state index in [-0.39, 0.29) is 6.61 Å². The molecule has 138 valence electrons.